The molecule has 0 radical (unpaired) electrons. The molecule has 29 heavy (non-hydrogen) atoms. The van der Waals surface area contributed by atoms with Crippen molar-refractivity contribution in [3.8, 4) is 0 Å². The molecule has 2 aromatic carbocycles. The summed E-state index contributed by atoms with van der Waals surface area (Å²) in [5, 5.41) is 4.19. The van der Waals surface area contributed by atoms with Gasteiger partial charge in [0.1, 0.15) is 0 Å². The van der Waals surface area contributed by atoms with Crippen LogP contribution in [0.2, 0.25) is 0 Å². The van der Waals surface area contributed by atoms with Gasteiger partial charge in [0.05, 0.1) is 11.4 Å². The summed E-state index contributed by atoms with van der Waals surface area (Å²) >= 11 is 0. The lowest BCUT2D eigenvalue weighted by Crippen LogP contribution is -2.30. The molecule has 0 saturated heterocycles. The minimum Gasteiger partial charge on any atom is -0.346 e. The minimum atomic E-state index is -0.334. The van der Waals surface area contributed by atoms with E-state index in [1.54, 1.807) is 0 Å². The van der Waals surface area contributed by atoms with Gasteiger partial charge >= 0.3 is 0 Å². The van der Waals surface area contributed by atoms with E-state index in [0.29, 0.717) is 0 Å². The number of carbonyl (C=O) groups is 1. The summed E-state index contributed by atoms with van der Waals surface area (Å²) in [6, 6.07) is 17.5. The first-order valence-electron chi connectivity index (χ1n) is 9.30. The van der Waals surface area contributed by atoms with Gasteiger partial charge in [0.15, 0.2) is 0 Å². The Kier molecular flexibility index (Phi) is 9.66. The molecular formula is C22H30Cl2N4O. The molecule has 2 atom stereocenters. The third-order valence-corrected chi connectivity index (χ3v) is 4.97. The quantitative estimate of drug-likeness (QED) is 0.579. The van der Waals surface area contributed by atoms with Crippen molar-refractivity contribution in [1.82, 2.24) is 9.47 Å². The molecule has 0 saturated carbocycles. The largest absolute Gasteiger partial charge is 0.346 e. The van der Waals surface area contributed by atoms with E-state index >= 15 is 0 Å². The molecule has 3 rings (SSSR count). The third kappa shape index (κ3) is 6.21. The molecule has 1 heterocycles. The predicted octanol–water partition coefficient (Wildman–Crippen LogP) is 4.32. The van der Waals surface area contributed by atoms with E-state index in [1.165, 1.54) is 5.39 Å². The van der Waals surface area contributed by atoms with Crippen LogP contribution in [0.25, 0.3) is 10.9 Å². The highest BCUT2D eigenvalue weighted by Gasteiger charge is 2.22. The van der Waals surface area contributed by atoms with Crippen LogP contribution in [0, 0.1) is 5.92 Å². The van der Waals surface area contributed by atoms with Gasteiger partial charge in [-0.05, 0) is 43.2 Å². The van der Waals surface area contributed by atoms with Crippen molar-refractivity contribution in [1.29, 1.82) is 0 Å². The summed E-state index contributed by atoms with van der Waals surface area (Å²) in [6.45, 7) is 3.73. The summed E-state index contributed by atoms with van der Waals surface area (Å²) in [5.41, 5.74) is 9.17. The maximum Gasteiger partial charge on any atom is 0.229 e. The monoisotopic (exact) mass is 436 g/mol. The first-order chi connectivity index (χ1) is 13.0. The van der Waals surface area contributed by atoms with E-state index in [1.807, 2.05) is 55.5 Å². The standard InChI is InChI=1S/C22H28N4O.2ClH/c1-16(21(23)18-7-5-4-6-8-18)22(27)24-19-10-9-17-11-12-26(20(17)15-19)14-13-25(2)3;;/h4-12,15-16,21H,13-14,23H2,1-3H3,(H,24,27);2*1H. The maximum atomic E-state index is 12.7. The number of hydrogen-bond donors (Lipinski definition) is 2. The Morgan fingerprint density at radius 1 is 1.10 bits per heavy atom. The third-order valence-electron chi connectivity index (χ3n) is 4.97. The predicted molar refractivity (Wildman–Crippen MR) is 126 cm³/mol. The summed E-state index contributed by atoms with van der Waals surface area (Å²) in [6.07, 6.45) is 2.09. The zero-order valence-electron chi connectivity index (χ0n) is 17.0. The van der Waals surface area contributed by atoms with Crippen LogP contribution in [0.3, 0.4) is 0 Å². The molecule has 0 aliphatic heterocycles. The molecule has 1 amide bonds. The SMILES string of the molecule is CC(C(=O)Nc1ccc2ccn(CCN(C)C)c2c1)C(N)c1ccccc1.Cl.Cl. The van der Waals surface area contributed by atoms with E-state index in [2.05, 4.69) is 41.1 Å². The molecule has 0 fully saturated rings. The number of nitrogens with zero attached hydrogens (tertiary/aromatic N) is 2. The number of aromatic nitrogens is 1. The Morgan fingerprint density at radius 3 is 2.45 bits per heavy atom. The number of hydrogen-bond acceptors (Lipinski definition) is 3. The number of nitrogens with one attached hydrogen (secondary N) is 1. The van der Waals surface area contributed by atoms with Crippen molar-refractivity contribution in [2.75, 3.05) is 26.0 Å². The van der Waals surface area contributed by atoms with Gasteiger partial charge in [0.2, 0.25) is 5.91 Å². The molecule has 0 aliphatic carbocycles. The molecule has 7 heteroatoms. The van der Waals surface area contributed by atoms with Crippen molar-refractivity contribution in [2.24, 2.45) is 11.7 Å². The van der Waals surface area contributed by atoms with Crippen LogP contribution in [0.4, 0.5) is 5.69 Å². The number of amides is 1. The van der Waals surface area contributed by atoms with Gasteiger partial charge in [-0.15, -0.1) is 24.8 Å². The summed E-state index contributed by atoms with van der Waals surface area (Å²) in [4.78, 5) is 14.9. The lowest BCUT2D eigenvalue weighted by atomic mass is 9.94. The fourth-order valence-electron chi connectivity index (χ4n) is 3.15. The molecule has 0 bridgehead atoms. The molecule has 1 aromatic heterocycles. The molecule has 3 aromatic rings. The van der Waals surface area contributed by atoms with Crippen molar-refractivity contribution in [2.45, 2.75) is 19.5 Å². The van der Waals surface area contributed by atoms with E-state index in [9.17, 15) is 4.79 Å². The Hall–Kier alpha value is -2.05. The highest BCUT2D eigenvalue weighted by Crippen LogP contribution is 2.24. The number of anilines is 1. The number of halogens is 2. The summed E-state index contributed by atoms with van der Waals surface area (Å²) in [7, 11) is 4.13. The van der Waals surface area contributed by atoms with Crippen LogP contribution in [0.5, 0.6) is 0 Å². The number of benzene rings is 2. The molecular weight excluding hydrogens is 407 g/mol. The van der Waals surface area contributed by atoms with Crippen molar-refractivity contribution < 1.29 is 4.79 Å². The molecule has 0 spiro atoms. The second-order valence-corrected chi connectivity index (χ2v) is 7.30. The second-order valence-electron chi connectivity index (χ2n) is 7.30. The van der Waals surface area contributed by atoms with Crippen molar-refractivity contribution >= 4 is 47.3 Å². The van der Waals surface area contributed by atoms with E-state index in [4.69, 9.17) is 5.73 Å². The van der Waals surface area contributed by atoms with Gasteiger partial charge < -0.3 is 20.5 Å². The zero-order chi connectivity index (χ0) is 19.4. The van der Waals surface area contributed by atoms with Crippen LogP contribution >= 0.6 is 24.8 Å². The number of nitrogens with two attached hydrogens (primary N) is 1. The molecule has 5 nitrogen and oxygen atoms in total. The fraction of sp³-hybridized carbons (Fsp3) is 0.318. The van der Waals surface area contributed by atoms with Gasteiger partial charge in [-0.1, -0.05) is 43.3 Å². The zero-order valence-corrected chi connectivity index (χ0v) is 18.7. The lowest BCUT2D eigenvalue weighted by molar-refractivity contribution is -0.120. The Labute approximate surface area is 185 Å². The smallest absolute Gasteiger partial charge is 0.229 e. The van der Waals surface area contributed by atoms with E-state index in [-0.39, 0.29) is 42.7 Å². The number of fused-ring (bicyclic) bond motifs is 1. The number of likely N-dealkylation sites (N-methyl/N-ethyl adjacent to an activating group) is 1. The Morgan fingerprint density at radius 2 is 1.79 bits per heavy atom. The van der Waals surface area contributed by atoms with Gasteiger partial charge in [-0.2, -0.15) is 0 Å². The first kappa shape index (κ1) is 25.0. The Bertz CT molecular complexity index is 912. The summed E-state index contributed by atoms with van der Waals surface area (Å²) < 4.78 is 2.21. The average Bonchev–Trinajstić information content (AvgIpc) is 3.08. The summed E-state index contributed by atoms with van der Waals surface area (Å²) in [5.74, 6) is -0.402. The number of carbonyl (C=O) groups excluding carboxylic acids is 1. The molecule has 2 unspecified atom stereocenters. The van der Waals surface area contributed by atoms with E-state index in [0.717, 1.165) is 29.9 Å². The van der Waals surface area contributed by atoms with Gasteiger partial charge in [-0.3, -0.25) is 4.79 Å². The topological polar surface area (TPSA) is 63.3 Å². The molecule has 0 aliphatic rings. The Balaban J connectivity index is 0.00000210. The van der Waals surface area contributed by atoms with Gasteiger partial charge in [0, 0.05) is 31.0 Å². The minimum absolute atomic E-state index is 0. The van der Waals surface area contributed by atoms with Crippen LogP contribution in [0.15, 0.2) is 60.8 Å². The van der Waals surface area contributed by atoms with Crippen LogP contribution < -0.4 is 11.1 Å². The van der Waals surface area contributed by atoms with Gasteiger partial charge in [0.25, 0.3) is 0 Å². The van der Waals surface area contributed by atoms with E-state index < -0.39 is 0 Å². The molecule has 3 N–H and O–H groups in total. The van der Waals surface area contributed by atoms with Gasteiger partial charge in [-0.25, -0.2) is 0 Å². The molecule has 158 valence electrons. The second kappa shape index (κ2) is 11.2. The van der Waals surface area contributed by atoms with Crippen molar-refractivity contribution in [3.63, 3.8) is 0 Å². The first-order valence-corrected chi connectivity index (χ1v) is 9.30. The highest BCUT2D eigenvalue weighted by molar-refractivity contribution is 5.95. The van der Waals surface area contributed by atoms with Crippen LogP contribution in [0.1, 0.15) is 18.5 Å². The number of rotatable bonds is 7. The van der Waals surface area contributed by atoms with Crippen LogP contribution in [-0.2, 0) is 11.3 Å². The average molecular weight is 437 g/mol. The normalized spacial score (nSPS) is 12.7. The van der Waals surface area contributed by atoms with Crippen molar-refractivity contribution in [3.05, 3.63) is 66.4 Å². The maximum absolute atomic E-state index is 12.7. The fourth-order valence-corrected chi connectivity index (χ4v) is 3.15. The van der Waals surface area contributed by atoms with Crippen LogP contribution in [-0.4, -0.2) is 36.0 Å². The lowest BCUT2D eigenvalue weighted by Gasteiger charge is -2.20. The highest BCUT2D eigenvalue weighted by atomic mass is 35.5.